The molecule has 0 aliphatic rings. The molecule has 0 N–H and O–H groups in total. The smallest absolute Gasteiger partial charge is 0.0546 e. The van der Waals surface area contributed by atoms with Crippen LogP contribution < -0.4 is 9.80 Å². The predicted molar refractivity (Wildman–Crippen MR) is 287 cm³/mol. The summed E-state index contributed by atoms with van der Waals surface area (Å²) in [5.41, 5.74) is 9.46. The van der Waals surface area contributed by atoms with Crippen LogP contribution in [0.15, 0.2) is 218 Å². The average molecular weight is 847 g/mol. The van der Waals surface area contributed by atoms with E-state index in [0.29, 0.717) is 11.8 Å². The summed E-state index contributed by atoms with van der Waals surface area (Å²) < 4.78 is 0. The Bertz CT molecular complexity index is 3450. The lowest BCUT2D eigenvalue weighted by Crippen LogP contribution is -2.12. The van der Waals surface area contributed by atoms with Crippen molar-refractivity contribution in [2.24, 2.45) is 0 Å². The van der Waals surface area contributed by atoms with Crippen molar-refractivity contribution in [2.45, 2.75) is 39.5 Å². The number of rotatable bonds is 8. The maximum atomic E-state index is 2.50. The van der Waals surface area contributed by atoms with Crippen molar-refractivity contribution < 1.29 is 0 Å². The Labute approximate surface area is 386 Å². The van der Waals surface area contributed by atoms with E-state index in [9.17, 15) is 0 Å². The second kappa shape index (κ2) is 15.9. The van der Waals surface area contributed by atoms with Gasteiger partial charge in [0.1, 0.15) is 0 Å². The first-order valence-corrected chi connectivity index (χ1v) is 23.4. The topological polar surface area (TPSA) is 6.48 Å². The molecule has 0 radical (unpaired) electrons. The molecular weight excluding hydrogens is 797 g/mol. The Morgan fingerprint density at radius 3 is 0.818 bits per heavy atom. The van der Waals surface area contributed by atoms with Gasteiger partial charge in [-0.3, -0.25) is 0 Å². The molecule has 12 aromatic rings. The van der Waals surface area contributed by atoms with Gasteiger partial charge in [-0.05, 0) is 160 Å². The Morgan fingerprint density at radius 2 is 0.530 bits per heavy atom. The summed E-state index contributed by atoms with van der Waals surface area (Å²) in [7, 11) is 0. The molecule has 2 nitrogen and oxygen atoms in total. The molecule has 316 valence electrons. The monoisotopic (exact) mass is 846 g/mol. The van der Waals surface area contributed by atoms with Crippen LogP contribution in [0.4, 0.5) is 34.1 Å². The van der Waals surface area contributed by atoms with Crippen LogP contribution in [0.3, 0.4) is 0 Å². The Morgan fingerprint density at radius 1 is 0.242 bits per heavy atom. The third kappa shape index (κ3) is 6.80. The zero-order valence-corrected chi connectivity index (χ0v) is 37.8. The van der Waals surface area contributed by atoms with Crippen molar-refractivity contribution in [1.29, 1.82) is 0 Å². The van der Waals surface area contributed by atoms with Gasteiger partial charge in [0.05, 0.1) is 11.4 Å². The lowest BCUT2D eigenvalue weighted by Gasteiger charge is -2.30. The normalized spacial score (nSPS) is 11.9. The summed E-state index contributed by atoms with van der Waals surface area (Å²) in [5.74, 6) is 0.705. The maximum Gasteiger partial charge on any atom is 0.0546 e. The highest BCUT2D eigenvalue weighted by molar-refractivity contribution is 6.25. The van der Waals surface area contributed by atoms with E-state index in [4.69, 9.17) is 0 Å². The molecule has 0 bridgehead atoms. The van der Waals surface area contributed by atoms with Crippen LogP contribution in [0.2, 0.25) is 0 Å². The standard InChI is InChI=1S/C64H50N2/c1-41(2)47-25-31-57-59-40-64(66(55-29-23-45-15-7-11-19-51(45)35-55)56-30-24-46-16-8-12-20-52(46)36-56)62-38-48(42(3)4)26-32-58(62)60(59)39-63(61(57)37-47)65(53-27-21-43-13-5-9-17-49(43)33-53)54-28-22-44-14-6-10-18-50(44)34-54/h5-42H,1-4H3. The van der Waals surface area contributed by atoms with Gasteiger partial charge in [-0.25, -0.2) is 0 Å². The molecule has 66 heavy (non-hydrogen) atoms. The number of hydrogen-bond acceptors (Lipinski definition) is 2. The Balaban J connectivity index is 1.20. The van der Waals surface area contributed by atoms with E-state index >= 15 is 0 Å². The predicted octanol–water partition coefficient (Wildman–Crippen LogP) is 18.9. The molecule has 0 aromatic heterocycles. The van der Waals surface area contributed by atoms with Crippen molar-refractivity contribution in [3.63, 3.8) is 0 Å². The first kappa shape index (κ1) is 39.6. The maximum absolute atomic E-state index is 2.50. The highest BCUT2D eigenvalue weighted by Crippen LogP contribution is 2.49. The van der Waals surface area contributed by atoms with Crippen LogP contribution in [0, 0.1) is 0 Å². The van der Waals surface area contributed by atoms with Gasteiger partial charge in [-0.2, -0.15) is 0 Å². The fraction of sp³-hybridized carbons (Fsp3) is 0.0938. The van der Waals surface area contributed by atoms with Gasteiger partial charge in [0, 0.05) is 33.5 Å². The first-order chi connectivity index (χ1) is 32.3. The van der Waals surface area contributed by atoms with Crippen molar-refractivity contribution in [2.75, 3.05) is 9.80 Å². The van der Waals surface area contributed by atoms with Gasteiger partial charge in [0.15, 0.2) is 0 Å². The zero-order valence-electron chi connectivity index (χ0n) is 37.8. The Hall–Kier alpha value is -7.94. The van der Waals surface area contributed by atoms with Gasteiger partial charge >= 0.3 is 0 Å². The number of fused-ring (bicyclic) bond motifs is 9. The largest absolute Gasteiger partial charge is 0.310 e. The van der Waals surface area contributed by atoms with Crippen molar-refractivity contribution in [3.05, 3.63) is 230 Å². The molecule has 0 saturated heterocycles. The minimum atomic E-state index is 0.352. The fourth-order valence-electron chi connectivity index (χ4n) is 10.3. The van der Waals surface area contributed by atoms with E-state index < -0.39 is 0 Å². The molecule has 0 aliphatic heterocycles. The summed E-state index contributed by atoms with van der Waals surface area (Å²) in [5, 5.41) is 17.1. The molecular formula is C64H50N2. The number of anilines is 6. The summed E-state index contributed by atoms with van der Waals surface area (Å²) in [6.07, 6.45) is 0. The number of hydrogen-bond donors (Lipinski definition) is 0. The van der Waals surface area contributed by atoms with E-state index in [1.54, 1.807) is 0 Å². The van der Waals surface area contributed by atoms with Gasteiger partial charge < -0.3 is 9.80 Å². The zero-order chi connectivity index (χ0) is 44.5. The molecule has 0 atom stereocenters. The van der Waals surface area contributed by atoms with Crippen molar-refractivity contribution in [3.8, 4) is 0 Å². The second-order valence-corrected chi connectivity index (χ2v) is 18.6. The molecule has 0 unspecified atom stereocenters. The van der Waals surface area contributed by atoms with Crippen LogP contribution in [-0.4, -0.2) is 0 Å². The van der Waals surface area contributed by atoms with Crippen molar-refractivity contribution >= 4 is 110 Å². The van der Waals surface area contributed by atoms with E-state index in [1.807, 2.05) is 0 Å². The molecule has 0 amide bonds. The van der Waals surface area contributed by atoms with Crippen LogP contribution in [0.5, 0.6) is 0 Å². The lowest BCUT2D eigenvalue weighted by atomic mass is 9.89. The number of nitrogens with zero attached hydrogens (tertiary/aromatic N) is 2. The summed E-state index contributed by atoms with van der Waals surface area (Å²) >= 11 is 0. The first-order valence-electron chi connectivity index (χ1n) is 23.4. The van der Waals surface area contributed by atoms with Crippen LogP contribution in [-0.2, 0) is 0 Å². The summed E-state index contributed by atoms with van der Waals surface area (Å²) in [4.78, 5) is 5.01. The minimum Gasteiger partial charge on any atom is -0.310 e. The quantitative estimate of drug-likeness (QED) is 0.141. The lowest BCUT2D eigenvalue weighted by molar-refractivity contribution is 0.868. The Kier molecular flexibility index (Phi) is 9.57. The van der Waals surface area contributed by atoms with Crippen LogP contribution in [0.1, 0.15) is 50.7 Å². The van der Waals surface area contributed by atoms with Gasteiger partial charge in [0.2, 0.25) is 0 Å². The molecule has 12 rings (SSSR count). The van der Waals surface area contributed by atoms with E-state index in [1.165, 1.54) is 86.5 Å². The molecule has 12 aromatic carbocycles. The van der Waals surface area contributed by atoms with E-state index in [2.05, 4.69) is 256 Å². The second-order valence-electron chi connectivity index (χ2n) is 18.6. The van der Waals surface area contributed by atoms with Crippen LogP contribution in [0.25, 0.3) is 75.4 Å². The average Bonchev–Trinajstić information content (AvgIpc) is 3.36. The third-order valence-corrected chi connectivity index (χ3v) is 13.9. The highest BCUT2D eigenvalue weighted by Gasteiger charge is 2.24. The van der Waals surface area contributed by atoms with Gasteiger partial charge in [-0.15, -0.1) is 0 Å². The molecule has 0 spiro atoms. The molecule has 0 aliphatic carbocycles. The van der Waals surface area contributed by atoms with E-state index in [-0.39, 0.29) is 0 Å². The minimum absolute atomic E-state index is 0.352. The van der Waals surface area contributed by atoms with Gasteiger partial charge in [-0.1, -0.05) is 173 Å². The molecule has 0 fully saturated rings. The highest BCUT2D eigenvalue weighted by atomic mass is 15.2. The molecule has 0 saturated carbocycles. The molecule has 2 heteroatoms. The fourth-order valence-corrected chi connectivity index (χ4v) is 10.3. The third-order valence-electron chi connectivity index (χ3n) is 13.9. The summed E-state index contributed by atoms with van der Waals surface area (Å²) in [6, 6.07) is 81.8. The SMILES string of the molecule is CC(C)c1ccc2c(c1)c(N(c1ccc3ccccc3c1)c1ccc3ccccc3c1)cc1c3ccc(C(C)C)cc3c(N(c3ccc4ccccc4c3)c3ccc4ccccc4c3)cc21. The van der Waals surface area contributed by atoms with Gasteiger partial charge in [0.25, 0.3) is 0 Å². The van der Waals surface area contributed by atoms with Crippen molar-refractivity contribution in [1.82, 2.24) is 0 Å². The van der Waals surface area contributed by atoms with Crippen LogP contribution >= 0.6 is 0 Å². The summed E-state index contributed by atoms with van der Waals surface area (Å²) in [6.45, 7) is 9.20. The van der Waals surface area contributed by atoms with E-state index in [0.717, 1.165) is 34.1 Å². The molecule has 0 heterocycles. The number of benzene rings is 12.